The lowest BCUT2D eigenvalue weighted by Gasteiger charge is -2.07. The van der Waals surface area contributed by atoms with Gasteiger partial charge in [0.2, 0.25) is 0 Å². The second-order valence-corrected chi connectivity index (χ2v) is 5.89. The Bertz CT molecular complexity index is 707. The molecule has 0 saturated heterocycles. The molecule has 0 bridgehead atoms. The van der Waals surface area contributed by atoms with Crippen LogP contribution < -0.4 is 10.6 Å². The summed E-state index contributed by atoms with van der Waals surface area (Å²) in [5, 5.41) is 9.86. The van der Waals surface area contributed by atoms with E-state index in [0.29, 0.717) is 12.6 Å². The summed E-state index contributed by atoms with van der Waals surface area (Å²) in [6, 6.07) is 17.7. The van der Waals surface area contributed by atoms with E-state index in [2.05, 4.69) is 15.8 Å². The van der Waals surface area contributed by atoms with Crippen LogP contribution in [-0.4, -0.2) is 17.8 Å². The van der Waals surface area contributed by atoms with E-state index in [9.17, 15) is 4.79 Å². The van der Waals surface area contributed by atoms with Gasteiger partial charge in [0, 0.05) is 11.7 Å². The lowest BCUT2D eigenvalue weighted by Crippen LogP contribution is -2.30. The molecule has 1 fully saturated rings. The standard InChI is InChI=1S/C19H21N3O2/c1-14(22-24-13-15-5-3-2-4-6-15)16-7-9-17(10-8-16)20-19(23)21-18-11-12-18/h2-10,18H,11-13H2,1H3,(H2,20,21,23). The van der Waals surface area contributed by atoms with Crippen LogP contribution in [-0.2, 0) is 11.4 Å². The van der Waals surface area contributed by atoms with Gasteiger partial charge in [-0.2, -0.15) is 0 Å². The first-order valence-electron chi connectivity index (χ1n) is 8.09. The monoisotopic (exact) mass is 323 g/mol. The van der Waals surface area contributed by atoms with Gasteiger partial charge in [-0.1, -0.05) is 47.6 Å². The van der Waals surface area contributed by atoms with Gasteiger partial charge in [-0.3, -0.25) is 0 Å². The summed E-state index contributed by atoms with van der Waals surface area (Å²) in [6.07, 6.45) is 2.15. The molecule has 0 unspecified atom stereocenters. The summed E-state index contributed by atoms with van der Waals surface area (Å²) in [6.45, 7) is 2.34. The average molecular weight is 323 g/mol. The van der Waals surface area contributed by atoms with E-state index in [4.69, 9.17) is 4.84 Å². The third kappa shape index (κ3) is 4.84. The van der Waals surface area contributed by atoms with Gasteiger partial charge >= 0.3 is 6.03 Å². The van der Waals surface area contributed by atoms with Gasteiger partial charge in [0.1, 0.15) is 6.61 Å². The third-order valence-electron chi connectivity index (χ3n) is 3.75. The van der Waals surface area contributed by atoms with E-state index in [0.717, 1.165) is 35.4 Å². The van der Waals surface area contributed by atoms with Crippen LogP contribution in [0.4, 0.5) is 10.5 Å². The summed E-state index contributed by atoms with van der Waals surface area (Å²) in [5.74, 6) is 0. The maximum absolute atomic E-state index is 11.7. The van der Waals surface area contributed by atoms with Crippen molar-refractivity contribution in [1.29, 1.82) is 0 Å². The van der Waals surface area contributed by atoms with E-state index < -0.39 is 0 Å². The summed E-state index contributed by atoms with van der Waals surface area (Å²) in [4.78, 5) is 17.1. The van der Waals surface area contributed by atoms with Crippen LogP contribution in [0.3, 0.4) is 0 Å². The first-order chi connectivity index (χ1) is 11.7. The van der Waals surface area contributed by atoms with Crippen LogP contribution in [0, 0.1) is 0 Å². The molecule has 0 radical (unpaired) electrons. The Labute approximate surface area is 141 Å². The van der Waals surface area contributed by atoms with E-state index in [-0.39, 0.29) is 6.03 Å². The zero-order valence-corrected chi connectivity index (χ0v) is 13.7. The molecule has 3 rings (SSSR count). The van der Waals surface area contributed by atoms with Crippen molar-refractivity contribution >= 4 is 17.4 Å². The van der Waals surface area contributed by atoms with Gasteiger partial charge in [0.05, 0.1) is 5.71 Å². The number of rotatable bonds is 6. The molecule has 24 heavy (non-hydrogen) atoms. The number of carbonyl (C=O) groups excluding carboxylic acids is 1. The molecular formula is C19H21N3O2. The largest absolute Gasteiger partial charge is 0.391 e. The Balaban J connectivity index is 1.51. The number of carbonyl (C=O) groups is 1. The van der Waals surface area contributed by atoms with Crippen molar-refractivity contribution in [3.8, 4) is 0 Å². The van der Waals surface area contributed by atoms with Crippen molar-refractivity contribution in [1.82, 2.24) is 5.32 Å². The Kier molecular flexibility index (Phi) is 5.11. The van der Waals surface area contributed by atoms with Crippen LogP contribution in [0.2, 0.25) is 0 Å². The number of nitrogens with one attached hydrogen (secondary N) is 2. The Hall–Kier alpha value is -2.82. The van der Waals surface area contributed by atoms with Gasteiger partial charge in [-0.15, -0.1) is 0 Å². The molecule has 0 heterocycles. The predicted octanol–water partition coefficient (Wildman–Crippen LogP) is 3.91. The Morgan fingerprint density at radius 3 is 2.50 bits per heavy atom. The minimum atomic E-state index is -0.151. The van der Waals surface area contributed by atoms with Crippen LogP contribution in [0.1, 0.15) is 30.9 Å². The number of benzene rings is 2. The first-order valence-corrected chi connectivity index (χ1v) is 8.09. The van der Waals surface area contributed by atoms with Gasteiger partial charge in [-0.05, 0) is 43.0 Å². The average Bonchev–Trinajstić information content (AvgIpc) is 3.40. The molecule has 2 aromatic rings. The molecule has 5 heteroatoms. The highest BCUT2D eigenvalue weighted by Gasteiger charge is 2.23. The Morgan fingerprint density at radius 2 is 1.83 bits per heavy atom. The maximum Gasteiger partial charge on any atom is 0.319 e. The number of nitrogens with zero attached hydrogens (tertiary/aromatic N) is 1. The van der Waals surface area contributed by atoms with Gasteiger partial charge < -0.3 is 15.5 Å². The maximum atomic E-state index is 11.7. The predicted molar refractivity (Wildman–Crippen MR) is 95.1 cm³/mol. The summed E-state index contributed by atoms with van der Waals surface area (Å²) in [5.41, 5.74) is 3.58. The normalized spacial score (nSPS) is 14.1. The second kappa shape index (κ2) is 7.64. The second-order valence-electron chi connectivity index (χ2n) is 5.89. The number of hydrogen-bond donors (Lipinski definition) is 2. The molecule has 0 spiro atoms. The molecule has 2 aromatic carbocycles. The lowest BCUT2D eigenvalue weighted by atomic mass is 10.1. The molecule has 124 valence electrons. The lowest BCUT2D eigenvalue weighted by molar-refractivity contribution is 0.130. The van der Waals surface area contributed by atoms with Crippen molar-refractivity contribution in [2.45, 2.75) is 32.4 Å². The van der Waals surface area contributed by atoms with Crippen LogP contribution in [0.5, 0.6) is 0 Å². The van der Waals surface area contributed by atoms with Crippen molar-refractivity contribution < 1.29 is 9.63 Å². The molecule has 5 nitrogen and oxygen atoms in total. The number of oxime groups is 1. The van der Waals surface area contributed by atoms with Crippen LogP contribution in [0.15, 0.2) is 59.8 Å². The zero-order valence-electron chi connectivity index (χ0n) is 13.7. The topological polar surface area (TPSA) is 62.7 Å². The number of anilines is 1. The zero-order chi connectivity index (χ0) is 16.8. The third-order valence-corrected chi connectivity index (χ3v) is 3.75. The number of hydrogen-bond acceptors (Lipinski definition) is 3. The van der Waals surface area contributed by atoms with Crippen molar-refractivity contribution in [3.05, 3.63) is 65.7 Å². The SMILES string of the molecule is CC(=NOCc1ccccc1)c1ccc(NC(=O)NC2CC2)cc1. The molecule has 2 amide bonds. The molecule has 0 atom stereocenters. The molecule has 1 saturated carbocycles. The summed E-state index contributed by atoms with van der Waals surface area (Å²) in [7, 11) is 0. The fourth-order valence-electron chi connectivity index (χ4n) is 2.21. The first kappa shape index (κ1) is 16.1. The molecule has 1 aliphatic carbocycles. The summed E-state index contributed by atoms with van der Waals surface area (Å²) >= 11 is 0. The molecule has 0 aromatic heterocycles. The minimum absolute atomic E-state index is 0.151. The summed E-state index contributed by atoms with van der Waals surface area (Å²) < 4.78 is 0. The molecule has 2 N–H and O–H groups in total. The minimum Gasteiger partial charge on any atom is -0.391 e. The van der Waals surface area contributed by atoms with Crippen LogP contribution in [0.25, 0.3) is 0 Å². The fourth-order valence-corrected chi connectivity index (χ4v) is 2.21. The highest BCUT2D eigenvalue weighted by molar-refractivity contribution is 5.99. The van der Waals surface area contributed by atoms with E-state index in [1.807, 2.05) is 61.5 Å². The molecule has 0 aliphatic heterocycles. The van der Waals surface area contributed by atoms with E-state index >= 15 is 0 Å². The quantitative estimate of drug-likeness (QED) is 0.625. The number of urea groups is 1. The Morgan fingerprint density at radius 1 is 1.12 bits per heavy atom. The highest BCUT2D eigenvalue weighted by atomic mass is 16.6. The van der Waals surface area contributed by atoms with Gasteiger partial charge in [-0.25, -0.2) is 4.79 Å². The van der Waals surface area contributed by atoms with E-state index in [1.54, 1.807) is 0 Å². The highest BCUT2D eigenvalue weighted by Crippen LogP contribution is 2.19. The van der Waals surface area contributed by atoms with E-state index in [1.165, 1.54) is 0 Å². The fraction of sp³-hybridized carbons (Fsp3) is 0.263. The van der Waals surface area contributed by atoms with Crippen molar-refractivity contribution in [2.24, 2.45) is 5.16 Å². The van der Waals surface area contributed by atoms with Crippen molar-refractivity contribution in [3.63, 3.8) is 0 Å². The van der Waals surface area contributed by atoms with Crippen molar-refractivity contribution in [2.75, 3.05) is 5.32 Å². The van der Waals surface area contributed by atoms with Crippen LogP contribution >= 0.6 is 0 Å². The molecule has 1 aliphatic rings. The number of amides is 2. The van der Waals surface area contributed by atoms with Gasteiger partial charge in [0.25, 0.3) is 0 Å². The molecular weight excluding hydrogens is 302 g/mol. The van der Waals surface area contributed by atoms with Gasteiger partial charge in [0.15, 0.2) is 0 Å². The smallest absolute Gasteiger partial charge is 0.319 e.